The molecule has 0 radical (unpaired) electrons. The van der Waals surface area contributed by atoms with Gasteiger partial charge in [0.2, 0.25) is 0 Å². The van der Waals surface area contributed by atoms with Crippen LogP contribution in [0.15, 0.2) is 42.5 Å². The van der Waals surface area contributed by atoms with Gasteiger partial charge in [0.25, 0.3) is 0 Å². The molecule has 0 aliphatic carbocycles. The molecular weight excluding hydrogens is 373 g/mol. The van der Waals surface area contributed by atoms with Crippen molar-refractivity contribution < 1.29 is 27.8 Å². The lowest BCUT2D eigenvalue weighted by Crippen LogP contribution is -2.28. The van der Waals surface area contributed by atoms with Gasteiger partial charge in [-0.1, -0.05) is 43.7 Å². The zero-order valence-corrected chi connectivity index (χ0v) is 15.2. The van der Waals surface area contributed by atoms with Gasteiger partial charge in [-0.3, -0.25) is 5.41 Å². The summed E-state index contributed by atoms with van der Waals surface area (Å²) in [5.41, 5.74) is 5.59. The molecule has 0 aliphatic rings. The van der Waals surface area contributed by atoms with Gasteiger partial charge < -0.3 is 15.6 Å². The minimum Gasteiger partial charge on any atom is -0.479 e. The first-order valence-corrected chi connectivity index (χ1v) is 8.69. The van der Waals surface area contributed by atoms with E-state index >= 15 is 0 Å². The molecule has 150 valence electrons. The number of halogens is 3. The monoisotopic (exact) mass is 394 g/mol. The average Bonchev–Trinajstić information content (AvgIpc) is 2.64. The van der Waals surface area contributed by atoms with Crippen molar-refractivity contribution in [2.75, 3.05) is 0 Å². The number of carbonyl (C=O) groups is 1. The maximum absolute atomic E-state index is 13.5. The van der Waals surface area contributed by atoms with Crippen LogP contribution in [0.1, 0.15) is 37.3 Å². The second kappa shape index (κ2) is 8.77. The van der Waals surface area contributed by atoms with E-state index in [1.807, 2.05) is 6.92 Å². The molecule has 0 aromatic heterocycles. The molecule has 0 aliphatic heterocycles. The Labute approximate surface area is 160 Å². The van der Waals surface area contributed by atoms with Gasteiger partial charge in [-0.15, -0.1) is 0 Å². The third-order valence-corrected chi connectivity index (χ3v) is 4.18. The predicted molar refractivity (Wildman–Crippen MR) is 99.5 cm³/mol. The summed E-state index contributed by atoms with van der Waals surface area (Å²) in [7, 11) is 0. The van der Waals surface area contributed by atoms with Crippen molar-refractivity contribution in [1.29, 1.82) is 5.41 Å². The fourth-order valence-electron chi connectivity index (χ4n) is 2.65. The molecule has 2 aromatic rings. The van der Waals surface area contributed by atoms with E-state index in [1.165, 1.54) is 6.07 Å². The van der Waals surface area contributed by atoms with E-state index in [4.69, 9.17) is 15.9 Å². The van der Waals surface area contributed by atoms with Crippen LogP contribution < -0.4 is 10.5 Å². The van der Waals surface area contributed by atoms with Crippen LogP contribution in [-0.4, -0.2) is 23.0 Å². The Morgan fingerprint density at radius 1 is 1.18 bits per heavy atom. The zero-order valence-electron chi connectivity index (χ0n) is 15.2. The maximum Gasteiger partial charge on any atom is 0.419 e. The van der Waals surface area contributed by atoms with Crippen LogP contribution in [0.2, 0.25) is 0 Å². The van der Waals surface area contributed by atoms with Crippen molar-refractivity contribution in [2.45, 2.75) is 38.5 Å². The van der Waals surface area contributed by atoms with Gasteiger partial charge in [0.05, 0.1) is 5.56 Å². The first-order chi connectivity index (χ1) is 13.1. The van der Waals surface area contributed by atoms with Crippen molar-refractivity contribution in [1.82, 2.24) is 0 Å². The second-order valence-electron chi connectivity index (χ2n) is 6.29. The first-order valence-electron chi connectivity index (χ1n) is 8.69. The summed E-state index contributed by atoms with van der Waals surface area (Å²) in [4.78, 5) is 11.3. The average molecular weight is 394 g/mol. The largest absolute Gasteiger partial charge is 0.479 e. The molecule has 1 atom stereocenters. The highest BCUT2D eigenvalue weighted by Crippen LogP contribution is 2.39. The van der Waals surface area contributed by atoms with Crippen molar-refractivity contribution in [3.8, 4) is 16.9 Å². The molecular formula is C20H21F3N2O3. The zero-order chi connectivity index (χ0) is 20.9. The predicted octanol–water partition coefficient (Wildman–Crippen LogP) is 4.68. The third-order valence-electron chi connectivity index (χ3n) is 4.18. The quantitative estimate of drug-likeness (QED) is 0.447. The number of hydrogen-bond acceptors (Lipinski definition) is 3. The van der Waals surface area contributed by atoms with Gasteiger partial charge in [0.1, 0.15) is 11.6 Å². The number of hydrogen-bond donors (Lipinski definition) is 3. The highest BCUT2D eigenvalue weighted by molar-refractivity contribution is 5.95. The standard InChI is InChI=1S/C20H21F3N2O3/c1-2-3-4-17(19(26)27)28-16-10-9-14(11-15(16)20(21,22)23)12-5-7-13(8-6-12)18(24)25/h5-11,17H,2-4H2,1H3,(H3,24,25)(H,26,27). The summed E-state index contributed by atoms with van der Waals surface area (Å²) in [6.07, 6.45) is -4.70. The van der Waals surface area contributed by atoms with Crippen LogP contribution in [0, 0.1) is 5.41 Å². The summed E-state index contributed by atoms with van der Waals surface area (Å²) < 4.78 is 45.8. The number of nitrogen functional groups attached to an aromatic ring is 1. The van der Waals surface area contributed by atoms with Crippen molar-refractivity contribution in [2.24, 2.45) is 5.73 Å². The topological polar surface area (TPSA) is 96.4 Å². The second-order valence-corrected chi connectivity index (χ2v) is 6.29. The van der Waals surface area contributed by atoms with Gasteiger partial charge in [-0.2, -0.15) is 13.2 Å². The Hall–Kier alpha value is -3.03. The first kappa shape index (κ1) is 21.3. The fourth-order valence-corrected chi connectivity index (χ4v) is 2.65. The molecule has 2 aromatic carbocycles. The highest BCUT2D eigenvalue weighted by atomic mass is 19.4. The van der Waals surface area contributed by atoms with Crippen LogP contribution in [0.3, 0.4) is 0 Å². The Morgan fingerprint density at radius 2 is 1.79 bits per heavy atom. The Bertz CT molecular complexity index is 849. The fraction of sp³-hybridized carbons (Fsp3) is 0.300. The number of unbranched alkanes of at least 4 members (excludes halogenated alkanes) is 1. The summed E-state index contributed by atoms with van der Waals surface area (Å²) in [5.74, 6) is -1.95. The maximum atomic E-state index is 13.5. The van der Waals surface area contributed by atoms with Gasteiger partial charge in [-0.25, -0.2) is 4.79 Å². The van der Waals surface area contributed by atoms with Gasteiger partial charge in [0.15, 0.2) is 6.10 Å². The number of alkyl halides is 3. The number of benzene rings is 2. The third kappa shape index (κ3) is 5.25. The highest BCUT2D eigenvalue weighted by Gasteiger charge is 2.36. The van der Waals surface area contributed by atoms with E-state index in [9.17, 15) is 23.1 Å². The normalized spacial score (nSPS) is 12.4. The van der Waals surface area contributed by atoms with E-state index in [0.717, 1.165) is 12.1 Å². The smallest absolute Gasteiger partial charge is 0.419 e. The molecule has 0 saturated heterocycles. The molecule has 0 saturated carbocycles. The lowest BCUT2D eigenvalue weighted by atomic mass is 10.0. The van der Waals surface area contributed by atoms with Gasteiger partial charge in [0, 0.05) is 5.56 Å². The number of nitrogens with two attached hydrogens (primary N) is 1. The van der Waals surface area contributed by atoms with Crippen molar-refractivity contribution >= 4 is 11.8 Å². The lowest BCUT2D eigenvalue weighted by Gasteiger charge is -2.19. The number of carboxylic acids is 1. The van der Waals surface area contributed by atoms with Crippen LogP contribution >= 0.6 is 0 Å². The lowest BCUT2D eigenvalue weighted by molar-refractivity contribution is -0.148. The minimum atomic E-state index is -4.71. The molecule has 28 heavy (non-hydrogen) atoms. The Kier molecular flexibility index (Phi) is 6.66. The van der Waals surface area contributed by atoms with Gasteiger partial charge in [-0.05, 0) is 36.1 Å². The van der Waals surface area contributed by atoms with Crippen LogP contribution in [0.5, 0.6) is 5.75 Å². The molecule has 0 bridgehead atoms. The molecule has 5 nitrogen and oxygen atoms in total. The number of aliphatic carboxylic acids is 1. The minimum absolute atomic E-state index is 0.122. The number of nitrogens with one attached hydrogen (secondary N) is 1. The number of rotatable bonds is 8. The number of amidine groups is 1. The SMILES string of the molecule is CCCCC(Oc1ccc(-c2ccc(C(=N)N)cc2)cc1C(F)(F)F)C(=O)O. The number of carboxylic acid groups (broad SMARTS) is 1. The number of ether oxygens (including phenoxy) is 1. The molecule has 0 heterocycles. The molecule has 0 spiro atoms. The summed E-state index contributed by atoms with van der Waals surface area (Å²) in [6.45, 7) is 1.85. The van der Waals surface area contributed by atoms with E-state index < -0.39 is 29.6 Å². The summed E-state index contributed by atoms with van der Waals surface area (Å²) >= 11 is 0. The molecule has 2 rings (SSSR count). The van der Waals surface area contributed by atoms with E-state index in [1.54, 1.807) is 24.3 Å². The van der Waals surface area contributed by atoms with Crippen LogP contribution in [0.25, 0.3) is 11.1 Å². The van der Waals surface area contributed by atoms with Gasteiger partial charge >= 0.3 is 12.1 Å². The van der Waals surface area contributed by atoms with Crippen molar-refractivity contribution in [3.63, 3.8) is 0 Å². The van der Waals surface area contributed by atoms with Crippen LogP contribution in [-0.2, 0) is 11.0 Å². The molecule has 8 heteroatoms. The molecule has 1 unspecified atom stereocenters. The molecule has 0 fully saturated rings. The molecule has 4 N–H and O–H groups in total. The van der Waals surface area contributed by atoms with Crippen LogP contribution in [0.4, 0.5) is 13.2 Å². The molecule has 0 amide bonds. The Balaban J connectivity index is 2.40. The van der Waals surface area contributed by atoms with E-state index in [0.29, 0.717) is 24.0 Å². The van der Waals surface area contributed by atoms with E-state index in [2.05, 4.69) is 0 Å². The van der Waals surface area contributed by atoms with Crippen molar-refractivity contribution in [3.05, 3.63) is 53.6 Å². The Morgan fingerprint density at radius 3 is 2.29 bits per heavy atom. The van der Waals surface area contributed by atoms with E-state index in [-0.39, 0.29) is 17.8 Å². The summed E-state index contributed by atoms with van der Waals surface area (Å²) in [5, 5.41) is 16.6. The summed E-state index contributed by atoms with van der Waals surface area (Å²) in [6, 6.07) is 9.71.